The molecular weight excluding hydrogens is 262 g/mol. The first kappa shape index (κ1) is 16.0. The zero-order chi connectivity index (χ0) is 14.9. The third-order valence-corrected chi connectivity index (χ3v) is 3.93. The van der Waals surface area contributed by atoms with Crippen LogP contribution in [0.1, 0.15) is 45.1 Å². The lowest BCUT2D eigenvalue weighted by atomic mass is 10.1. The Hall–Kier alpha value is -1.36. The second-order valence-corrected chi connectivity index (χ2v) is 5.66. The molecule has 1 fully saturated rings. The Balaban J connectivity index is 1.86. The fraction of sp³-hybridized carbons (Fsp3) is 0.750. The summed E-state index contributed by atoms with van der Waals surface area (Å²) in [7, 11) is 0. The molecule has 0 aliphatic carbocycles. The lowest BCUT2D eigenvalue weighted by molar-refractivity contribution is 0.337. The second-order valence-electron chi connectivity index (χ2n) is 5.66. The lowest BCUT2D eigenvalue weighted by Gasteiger charge is -2.16. The van der Waals surface area contributed by atoms with Crippen molar-refractivity contribution in [1.82, 2.24) is 14.9 Å². The summed E-state index contributed by atoms with van der Waals surface area (Å²) in [5.74, 6) is 1.99. The number of nitrogens with zero attached hydrogens (tertiary/aromatic N) is 3. The quantitative estimate of drug-likeness (QED) is 0.685. The maximum atomic E-state index is 4.43. The number of rotatable bonds is 9. The molecule has 1 saturated heterocycles. The summed E-state index contributed by atoms with van der Waals surface area (Å²) in [6.45, 7) is 9.92. The predicted molar refractivity (Wildman–Crippen MR) is 89.0 cm³/mol. The van der Waals surface area contributed by atoms with Crippen LogP contribution in [-0.2, 0) is 6.42 Å². The fourth-order valence-electron chi connectivity index (χ4n) is 2.89. The van der Waals surface area contributed by atoms with E-state index in [1.807, 2.05) is 0 Å². The van der Waals surface area contributed by atoms with Gasteiger partial charge < -0.3 is 15.5 Å². The highest BCUT2D eigenvalue weighted by Crippen LogP contribution is 2.21. The highest BCUT2D eigenvalue weighted by molar-refractivity contribution is 5.57. The van der Waals surface area contributed by atoms with E-state index in [1.54, 1.807) is 6.33 Å². The molecule has 2 rings (SSSR count). The van der Waals surface area contributed by atoms with Gasteiger partial charge in [-0.05, 0) is 52.2 Å². The molecule has 0 bridgehead atoms. The third kappa shape index (κ3) is 4.84. The van der Waals surface area contributed by atoms with Crippen LogP contribution < -0.4 is 10.6 Å². The smallest absolute Gasteiger partial charge is 0.134 e. The highest BCUT2D eigenvalue weighted by atomic mass is 15.1. The SMILES string of the molecule is CCCc1c(NCC)ncnc1NCCCN1CCCC1. The van der Waals surface area contributed by atoms with E-state index >= 15 is 0 Å². The van der Waals surface area contributed by atoms with E-state index in [1.165, 1.54) is 44.5 Å². The Bertz CT molecular complexity index is 415. The molecule has 2 heterocycles. The Labute approximate surface area is 128 Å². The van der Waals surface area contributed by atoms with Crippen LogP contribution in [0.2, 0.25) is 0 Å². The van der Waals surface area contributed by atoms with Gasteiger partial charge in [0, 0.05) is 18.7 Å². The first-order chi connectivity index (χ1) is 10.3. The molecule has 0 aromatic carbocycles. The van der Waals surface area contributed by atoms with Gasteiger partial charge in [-0.1, -0.05) is 13.3 Å². The van der Waals surface area contributed by atoms with Gasteiger partial charge >= 0.3 is 0 Å². The standard InChI is InChI=1S/C16H29N5/c1-3-8-14-15(17-4-2)19-13-20-16(14)18-9-7-12-21-10-5-6-11-21/h13H,3-12H2,1-2H3,(H2,17,18,19,20). The molecule has 2 N–H and O–H groups in total. The topological polar surface area (TPSA) is 53.1 Å². The van der Waals surface area contributed by atoms with Crippen molar-refractivity contribution < 1.29 is 0 Å². The van der Waals surface area contributed by atoms with Crippen LogP contribution in [0.5, 0.6) is 0 Å². The number of hydrogen-bond donors (Lipinski definition) is 2. The number of likely N-dealkylation sites (tertiary alicyclic amines) is 1. The maximum absolute atomic E-state index is 4.43. The summed E-state index contributed by atoms with van der Waals surface area (Å²) in [5.41, 5.74) is 1.23. The van der Waals surface area contributed by atoms with Gasteiger partial charge in [-0.2, -0.15) is 0 Å². The molecule has 1 aliphatic heterocycles. The summed E-state index contributed by atoms with van der Waals surface area (Å²) in [6.07, 6.45) is 7.68. The van der Waals surface area contributed by atoms with Gasteiger partial charge in [-0.25, -0.2) is 9.97 Å². The minimum atomic E-state index is 0.891. The fourth-order valence-corrected chi connectivity index (χ4v) is 2.89. The van der Waals surface area contributed by atoms with E-state index in [9.17, 15) is 0 Å². The molecule has 5 heteroatoms. The van der Waals surface area contributed by atoms with Crippen molar-refractivity contribution in [2.24, 2.45) is 0 Å². The van der Waals surface area contributed by atoms with Gasteiger partial charge in [0.15, 0.2) is 0 Å². The van der Waals surface area contributed by atoms with Crippen molar-refractivity contribution >= 4 is 11.6 Å². The molecular formula is C16H29N5. The summed E-state index contributed by atoms with van der Waals surface area (Å²) in [4.78, 5) is 11.4. The summed E-state index contributed by atoms with van der Waals surface area (Å²) >= 11 is 0. The van der Waals surface area contributed by atoms with Crippen LogP contribution in [0.3, 0.4) is 0 Å². The molecule has 0 spiro atoms. The van der Waals surface area contributed by atoms with Gasteiger partial charge in [-0.15, -0.1) is 0 Å². The largest absolute Gasteiger partial charge is 0.370 e. The molecule has 0 radical (unpaired) electrons. The van der Waals surface area contributed by atoms with Crippen LogP contribution in [-0.4, -0.2) is 47.6 Å². The molecule has 0 unspecified atom stereocenters. The van der Waals surface area contributed by atoms with Crippen LogP contribution in [0.25, 0.3) is 0 Å². The second kappa shape index (κ2) is 8.82. The van der Waals surface area contributed by atoms with E-state index in [2.05, 4.69) is 39.3 Å². The Kier molecular flexibility index (Phi) is 6.73. The first-order valence-corrected chi connectivity index (χ1v) is 8.39. The van der Waals surface area contributed by atoms with Crippen LogP contribution in [0, 0.1) is 0 Å². The van der Waals surface area contributed by atoms with E-state index in [0.717, 1.165) is 37.6 Å². The zero-order valence-electron chi connectivity index (χ0n) is 13.5. The number of anilines is 2. The third-order valence-electron chi connectivity index (χ3n) is 3.93. The van der Waals surface area contributed by atoms with E-state index in [0.29, 0.717) is 0 Å². The minimum absolute atomic E-state index is 0.891. The minimum Gasteiger partial charge on any atom is -0.370 e. The van der Waals surface area contributed by atoms with Crippen molar-refractivity contribution in [2.75, 3.05) is 43.4 Å². The van der Waals surface area contributed by atoms with Crippen LogP contribution >= 0.6 is 0 Å². The van der Waals surface area contributed by atoms with Crippen molar-refractivity contribution in [3.05, 3.63) is 11.9 Å². The Morgan fingerprint density at radius 3 is 2.48 bits per heavy atom. The summed E-state index contributed by atoms with van der Waals surface area (Å²) in [5, 5.41) is 6.84. The molecule has 118 valence electrons. The number of hydrogen-bond acceptors (Lipinski definition) is 5. The van der Waals surface area contributed by atoms with Crippen LogP contribution in [0.15, 0.2) is 6.33 Å². The Morgan fingerprint density at radius 2 is 1.81 bits per heavy atom. The predicted octanol–water partition coefficient (Wildman–Crippen LogP) is 2.76. The van der Waals surface area contributed by atoms with E-state index in [-0.39, 0.29) is 0 Å². The van der Waals surface area contributed by atoms with Gasteiger partial charge in [0.05, 0.1) is 0 Å². The molecule has 1 aliphatic rings. The lowest BCUT2D eigenvalue weighted by Crippen LogP contribution is -2.22. The normalized spacial score (nSPS) is 15.3. The van der Waals surface area contributed by atoms with Gasteiger partial charge in [0.25, 0.3) is 0 Å². The van der Waals surface area contributed by atoms with Crippen molar-refractivity contribution in [3.63, 3.8) is 0 Å². The van der Waals surface area contributed by atoms with Gasteiger partial charge in [0.2, 0.25) is 0 Å². The monoisotopic (exact) mass is 291 g/mol. The molecule has 21 heavy (non-hydrogen) atoms. The molecule has 0 amide bonds. The molecule has 0 saturated carbocycles. The van der Waals surface area contributed by atoms with Gasteiger partial charge in [-0.3, -0.25) is 0 Å². The molecule has 0 atom stereocenters. The average molecular weight is 291 g/mol. The average Bonchev–Trinajstić information content (AvgIpc) is 3.00. The van der Waals surface area contributed by atoms with Gasteiger partial charge in [0.1, 0.15) is 18.0 Å². The zero-order valence-corrected chi connectivity index (χ0v) is 13.5. The molecule has 1 aromatic heterocycles. The van der Waals surface area contributed by atoms with E-state index < -0.39 is 0 Å². The number of nitrogens with one attached hydrogen (secondary N) is 2. The maximum Gasteiger partial charge on any atom is 0.134 e. The molecule has 5 nitrogen and oxygen atoms in total. The Morgan fingerprint density at radius 1 is 1.10 bits per heavy atom. The first-order valence-electron chi connectivity index (χ1n) is 8.39. The van der Waals surface area contributed by atoms with Crippen LogP contribution in [0.4, 0.5) is 11.6 Å². The van der Waals surface area contributed by atoms with Crippen molar-refractivity contribution in [3.8, 4) is 0 Å². The summed E-state index contributed by atoms with van der Waals surface area (Å²) in [6, 6.07) is 0. The van der Waals surface area contributed by atoms with E-state index in [4.69, 9.17) is 0 Å². The number of aromatic nitrogens is 2. The molecule has 1 aromatic rings. The summed E-state index contributed by atoms with van der Waals surface area (Å²) < 4.78 is 0. The van der Waals surface area contributed by atoms with Crippen molar-refractivity contribution in [1.29, 1.82) is 0 Å². The van der Waals surface area contributed by atoms with Crippen molar-refractivity contribution in [2.45, 2.75) is 46.0 Å². The highest BCUT2D eigenvalue weighted by Gasteiger charge is 2.12.